The highest BCUT2D eigenvalue weighted by atomic mass is 35.5. The highest BCUT2D eigenvalue weighted by Crippen LogP contribution is 2.22. The van der Waals surface area contributed by atoms with Crippen molar-refractivity contribution in [3.05, 3.63) is 16.4 Å². The maximum absolute atomic E-state index is 6.40. The van der Waals surface area contributed by atoms with E-state index >= 15 is 0 Å². The molecule has 2 atom stereocenters. The molecule has 6 heteroatoms. The zero-order valence-corrected chi connectivity index (χ0v) is 14.6. The third-order valence-electron chi connectivity index (χ3n) is 4.64. The largest absolute Gasteiger partial charge is 0.315 e. The van der Waals surface area contributed by atoms with Gasteiger partial charge in [-0.15, -0.1) is 0 Å². The summed E-state index contributed by atoms with van der Waals surface area (Å²) in [7, 11) is 8.38. The molecule has 1 aliphatic heterocycles. The van der Waals surface area contributed by atoms with Crippen molar-refractivity contribution >= 4 is 11.6 Å². The van der Waals surface area contributed by atoms with E-state index in [0.717, 1.165) is 30.4 Å². The Hall–Kier alpha value is -0.620. The summed E-state index contributed by atoms with van der Waals surface area (Å²) in [5, 5.41) is 8.69. The van der Waals surface area contributed by atoms with Crippen molar-refractivity contribution < 1.29 is 0 Å². The lowest BCUT2D eigenvalue weighted by Crippen LogP contribution is -2.52. The first-order chi connectivity index (χ1) is 9.93. The molecule has 1 aromatic heterocycles. The van der Waals surface area contributed by atoms with Crippen molar-refractivity contribution in [1.29, 1.82) is 0 Å². The van der Waals surface area contributed by atoms with Gasteiger partial charge < -0.3 is 15.1 Å². The lowest BCUT2D eigenvalue weighted by molar-refractivity contribution is 0.181. The molecular formula is C15H28ClN5. The predicted octanol–water partition coefficient (Wildman–Crippen LogP) is 1.15. The molecule has 0 amide bonds. The van der Waals surface area contributed by atoms with Crippen LogP contribution in [0.3, 0.4) is 0 Å². The van der Waals surface area contributed by atoms with Crippen LogP contribution in [-0.2, 0) is 13.5 Å². The number of rotatable bonds is 4. The van der Waals surface area contributed by atoms with Gasteiger partial charge >= 0.3 is 0 Å². The fraction of sp³-hybridized carbons (Fsp3) is 0.800. The molecular weight excluding hydrogens is 286 g/mol. The average molecular weight is 314 g/mol. The molecule has 2 rings (SSSR count). The maximum Gasteiger partial charge on any atom is 0.130 e. The Kier molecular flexibility index (Phi) is 5.66. The van der Waals surface area contributed by atoms with Gasteiger partial charge in [0.15, 0.2) is 0 Å². The number of nitrogens with one attached hydrogen (secondary N) is 1. The van der Waals surface area contributed by atoms with E-state index in [1.807, 2.05) is 21.0 Å². The second-order valence-electron chi connectivity index (χ2n) is 6.24. The van der Waals surface area contributed by atoms with Gasteiger partial charge in [-0.25, -0.2) is 0 Å². The second kappa shape index (κ2) is 7.09. The third kappa shape index (κ3) is 3.77. The Morgan fingerprint density at radius 2 is 2.05 bits per heavy atom. The number of hydrogen-bond acceptors (Lipinski definition) is 4. The standard InChI is InChI=1S/C15H28ClN5/c1-11-12(15(16)21(5)18-11)9-13(17-2)14-10-19(3)7-6-8-20(14)4/h13-14,17H,6-10H2,1-5H3. The summed E-state index contributed by atoms with van der Waals surface area (Å²) in [6.07, 6.45) is 2.14. The Morgan fingerprint density at radius 3 is 2.62 bits per heavy atom. The fourth-order valence-corrected chi connectivity index (χ4v) is 3.55. The molecule has 0 radical (unpaired) electrons. The minimum atomic E-state index is 0.371. The summed E-state index contributed by atoms with van der Waals surface area (Å²) in [4.78, 5) is 4.90. The van der Waals surface area contributed by atoms with Crippen LogP contribution in [0, 0.1) is 6.92 Å². The first-order valence-corrected chi connectivity index (χ1v) is 8.05. The molecule has 0 aliphatic carbocycles. The topological polar surface area (TPSA) is 36.3 Å². The van der Waals surface area contributed by atoms with E-state index in [0.29, 0.717) is 12.1 Å². The highest BCUT2D eigenvalue weighted by molar-refractivity contribution is 6.30. The Labute approximate surface area is 133 Å². The molecule has 5 nitrogen and oxygen atoms in total. The number of aromatic nitrogens is 2. The number of likely N-dealkylation sites (N-methyl/N-ethyl adjacent to an activating group) is 3. The van der Waals surface area contributed by atoms with Crippen LogP contribution < -0.4 is 5.32 Å². The molecule has 1 aromatic rings. The zero-order valence-electron chi connectivity index (χ0n) is 13.9. The molecule has 1 fully saturated rings. The lowest BCUT2D eigenvalue weighted by atomic mass is 9.98. The van der Waals surface area contributed by atoms with E-state index in [1.54, 1.807) is 4.68 Å². The SMILES string of the molecule is CNC(Cc1c(C)nn(C)c1Cl)C1CN(C)CCCN1C. The molecule has 0 saturated carbocycles. The number of halogens is 1. The number of nitrogens with zero attached hydrogens (tertiary/aromatic N) is 4. The van der Waals surface area contributed by atoms with Crippen LogP contribution in [0.5, 0.6) is 0 Å². The van der Waals surface area contributed by atoms with Crippen molar-refractivity contribution in [2.45, 2.75) is 31.8 Å². The molecule has 120 valence electrons. The summed E-state index contributed by atoms with van der Waals surface area (Å²) < 4.78 is 1.77. The van der Waals surface area contributed by atoms with E-state index in [4.69, 9.17) is 11.6 Å². The lowest BCUT2D eigenvalue weighted by Gasteiger charge is -2.34. The number of hydrogen-bond donors (Lipinski definition) is 1. The summed E-state index contributed by atoms with van der Waals surface area (Å²) in [5.74, 6) is 0. The molecule has 1 aliphatic rings. The third-order valence-corrected chi connectivity index (χ3v) is 5.12. The minimum Gasteiger partial charge on any atom is -0.315 e. The molecule has 0 aromatic carbocycles. The van der Waals surface area contributed by atoms with Crippen molar-refractivity contribution in [1.82, 2.24) is 24.9 Å². The van der Waals surface area contributed by atoms with E-state index < -0.39 is 0 Å². The Morgan fingerprint density at radius 1 is 1.33 bits per heavy atom. The van der Waals surface area contributed by atoms with E-state index in [1.165, 1.54) is 18.5 Å². The van der Waals surface area contributed by atoms with Gasteiger partial charge in [-0.2, -0.15) is 5.10 Å². The molecule has 2 heterocycles. The summed E-state index contributed by atoms with van der Waals surface area (Å²) in [6.45, 7) is 5.44. The fourth-order valence-electron chi connectivity index (χ4n) is 3.30. The van der Waals surface area contributed by atoms with Gasteiger partial charge in [0, 0.05) is 31.2 Å². The minimum absolute atomic E-state index is 0.371. The van der Waals surface area contributed by atoms with Gasteiger partial charge in [0.25, 0.3) is 0 Å². The van der Waals surface area contributed by atoms with Crippen LogP contribution in [0.15, 0.2) is 0 Å². The smallest absolute Gasteiger partial charge is 0.130 e. The van der Waals surface area contributed by atoms with Crippen molar-refractivity contribution in [3.63, 3.8) is 0 Å². The normalized spacial score (nSPS) is 23.2. The molecule has 0 spiro atoms. The first kappa shape index (κ1) is 16.7. The summed E-state index contributed by atoms with van der Waals surface area (Å²) in [5.41, 5.74) is 2.20. The molecule has 2 unspecified atom stereocenters. The van der Waals surface area contributed by atoms with Gasteiger partial charge in [0.05, 0.1) is 5.69 Å². The van der Waals surface area contributed by atoms with Crippen LogP contribution in [0.4, 0.5) is 0 Å². The monoisotopic (exact) mass is 313 g/mol. The van der Waals surface area contributed by atoms with Crippen LogP contribution in [-0.4, -0.2) is 72.4 Å². The zero-order chi connectivity index (χ0) is 15.6. The maximum atomic E-state index is 6.40. The first-order valence-electron chi connectivity index (χ1n) is 7.68. The molecule has 0 bridgehead atoms. The second-order valence-corrected chi connectivity index (χ2v) is 6.60. The van der Waals surface area contributed by atoms with Crippen molar-refractivity contribution in [2.24, 2.45) is 7.05 Å². The van der Waals surface area contributed by atoms with E-state index in [-0.39, 0.29) is 0 Å². The number of aryl methyl sites for hydroxylation is 2. The quantitative estimate of drug-likeness (QED) is 0.904. The predicted molar refractivity (Wildman–Crippen MR) is 88.0 cm³/mol. The van der Waals surface area contributed by atoms with Crippen LogP contribution >= 0.6 is 11.6 Å². The van der Waals surface area contributed by atoms with E-state index in [2.05, 4.69) is 34.3 Å². The van der Waals surface area contributed by atoms with E-state index in [9.17, 15) is 0 Å². The molecule has 1 saturated heterocycles. The van der Waals surface area contributed by atoms with Gasteiger partial charge in [-0.05, 0) is 54.0 Å². The van der Waals surface area contributed by atoms with Crippen LogP contribution in [0.2, 0.25) is 5.15 Å². The van der Waals surface area contributed by atoms with Crippen LogP contribution in [0.1, 0.15) is 17.7 Å². The van der Waals surface area contributed by atoms with Crippen molar-refractivity contribution in [2.75, 3.05) is 40.8 Å². The van der Waals surface area contributed by atoms with Gasteiger partial charge in [-0.1, -0.05) is 11.6 Å². The van der Waals surface area contributed by atoms with Gasteiger partial charge in [0.1, 0.15) is 5.15 Å². The highest BCUT2D eigenvalue weighted by Gasteiger charge is 2.29. The average Bonchev–Trinajstić information content (AvgIpc) is 2.59. The van der Waals surface area contributed by atoms with Gasteiger partial charge in [0.2, 0.25) is 0 Å². The Balaban J connectivity index is 2.18. The van der Waals surface area contributed by atoms with Crippen LogP contribution in [0.25, 0.3) is 0 Å². The molecule has 21 heavy (non-hydrogen) atoms. The Bertz CT molecular complexity index is 473. The van der Waals surface area contributed by atoms with Gasteiger partial charge in [-0.3, -0.25) is 4.68 Å². The summed E-state index contributed by atoms with van der Waals surface area (Å²) >= 11 is 6.40. The molecule has 1 N–H and O–H groups in total. The van der Waals surface area contributed by atoms with Crippen molar-refractivity contribution in [3.8, 4) is 0 Å². The summed E-state index contributed by atoms with van der Waals surface area (Å²) in [6, 6.07) is 0.856.